The molecule has 4 rings (SSSR count). The third-order valence-electron chi connectivity index (χ3n) is 4.54. The van der Waals surface area contributed by atoms with Crippen molar-refractivity contribution in [2.24, 2.45) is 5.92 Å². The summed E-state index contributed by atoms with van der Waals surface area (Å²) in [5.41, 5.74) is 1.25. The number of fused-ring (bicyclic) bond motifs is 4. The van der Waals surface area contributed by atoms with Crippen LogP contribution in [-0.4, -0.2) is 60.7 Å². The Morgan fingerprint density at radius 3 is 3.00 bits per heavy atom. The van der Waals surface area contributed by atoms with Gasteiger partial charge in [0.25, 0.3) is 0 Å². The smallest absolute Gasteiger partial charge is 0.0897 e. The molecule has 4 heterocycles. The van der Waals surface area contributed by atoms with Crippen LogP contribution in [0.2, 0.25) is 0 Å². The lowest BCUT2D eigenvalue weighted by molar-refractivity contribution is 0.0867. The fraction of sp³-hybridized carbons (Fsp3) is 0.800. The number of thiazole rings is 1. The minimum atomic E-state index is 0.712. The summed E-state index contributed by atoms with van der Waals surface area (Å²) in [6.07, 6.45) is 2.74. The Kier molecular flexibility index (Phi) is 4.71. The molecule has 3 aliphatic rings. The SMILES string of the molecule is COCCN1C[C@@H]2CC[C@H]1CN(Cc1csc(C)n1)C2. The molecule has 2 bridgehead atoms. The Hall–Kier alpha value is -0.490. The van der Waals surface area contributed by atoms with E-state index in [1.807, 2.05) is 0 Å². The molecule has 0 unspecified atom stereocenters. The minimum Gasteiger partial charge on any atom is -0.383 e. The van der Waals surface area contributed by atoms with Gasteiger partial charge in [0.2, 0.25) is 0 Å². The largest absolute Gasteiger partial charge is 0.383 e. The first kappa shape index (κ1) is 14.4. The molecular weight excluding hydrogens is 270 g/mol. The zero-order chi connectivity index (χ0) is 13.9. The zero-order valence-electron chi connectivity index (χ0n) is 12.5. The maximum atomic E-state index is 5.25. The van der Waals surface area contributed by atoms with Crippen molar-refractivity contribution >= 4 is 11.3 Å². The Morgan fingerprint density at radius 2 is 2.25 bits per heavy atom. The van der Waals surface area contributed by atoms with E-state index in [9.17, 15) is 0 Å². The normalized spacial score (nSPS) is 27.9. The number of nitrogens with zero attached hydrogens (tertiary/aromatic N) is 3. The molecule has 0 amide bonds. The first-order chi connectivity index (χ1) is 9.74. The molecule has 0 spiro atoms. The summed E-state index contributed by atoms with van der Waals surface area (Å²) in [6, 6.07) is 0.712. The van der Waals surface area contributed by atoms with Crippen LogP contribution in [0.15, 0.2) is 5.38 Å². The quantitative estimate of drug-likeness (QED) is 0.831. The molecule has 4 nitrogen and oxygen atoms in total. The first-order valence-electron chi connectivity index (χ1n) is 7.61. The number of ether oxygens (including phenoxy) is 1. The summed E-state index contributed by atoms with van der Waals surface area (Å²) in [6.45, 7) is 8.73. The molecule has 1 aromatic heterocycles. The summed E-state index contributed by atoms with van der Waals surface area (Å²) >= 11 is 1.76. The topological polar surface area (TPSA) is 28.6 Å². The molecule has 3 fully saturated rings. The molecule has 0 aliphatic carbocycles. The highest BCUT2D eigenvalue weighted by Gasteiger charge is 2.34. The monoisotopic (exact) mass is 295 g/mol. The highest BCUT2D eigenvalue weighted by molar-refractivity contribution is 7.09. The van der Waals surface area contributed by atoms with Gasteiger partial charge in [-0.25, -0.2) is 4.98 Å². The Labute approximate surface area is 125 Å². The highest BCUT2D eigenvalue weighted by atomic mass is 32.1. The van der Waals surface area contributed by atoms with Gasteiger partial charge in [-0.2, -0.15) is 0 Å². The van der Waals surface area contributed by atoms with E-state index < -0.39 is 0 Å². The van der Waals surface area contributed by atoms with Crippen molar-refractivity contribution in [3.8, 4) is 0 Å². The van der Waals surface area contributed by atoms with Crippen LogP contribution in [0.25, 0.3) is 0 Å². The summed E-state index contributed by atoms with van der Waals surface area (Å²) in [4.78, 5) is 9.88. The van der Waals surface area contributed by atoms with E-state index in [2.05, 4.69) is 27.1 Å². The average molecular weight is 295 g/mol. The lowest BCUT2D eigenvalue weighted by atomic mass is 9.95. The molecule has 0 radical (unpaired) electrons. The van der Waals surface area contributed by atoms with Crippen molar-refractivity contribution in [2.75, 3.05) is 39.9 Å². The molecule has 0 saturated carbocycles. The Morgan fingerprint density at radius 1 is 1.35 bits per heavy atom. The minimum absolute atomic E-state index is 0.712. The number of aryl methyl sites for hydroxylation is 1. The van der Waals surface area contributed by atoms with Crippen LogP contribution in [-0.2, 0) is 11.3 Å². The van der Waals surface area contributed by atoms with Crippen molar-refractivity contribution in [3.05, 3.63) is 16.1 Å². The van der Waals surface area contributed by atoms with Gasteiger partial charge in [0.15, 0.2) is 0 Å². The van der Waals surface area contributed by atoms with Crippen molar-refractivity contribution in [2.45, 2.75) is 32.4 Å². The fourth-order valence-corrected chi connectivity index (χ4v) is 4.20. The van der Waals surface area contributed by atoms with E-state index in [0.717, 1.165) is 25.6 Å². The van der Waals surface area contributed by atoms with E-state index in [1.54, 1.807) is 18.4 Å². The molecule has 5 heteroatoms. The van der Waals surface area contributed by atoms with Crippen LogP contribution in [0.4, 0.5) is 0 Å². The summed E-state index contributed by atoms with van der Waals surface area (Å²) in [5, 5.41) is 3.39. The molecule has 0 N–H and O–H groups in total. The number of methoxy groups -OCH3 is 1. The summed E-state index contributed by atoms with van der Waals surface area (Å²) < 4.78 is 5.25. The highest BCUT2D eigenvalue weighted by Crippen LogP contribution is 2.28. The molecule has 3 saturated heterocycles. The predicted octanol–water partition coefficient (Wildman–Crippen LogP) is 1.99. The Balaban J connectivity index is 1.62. The van der Waals surface area contributed by atoms with Crippen LogP contribution in [0.3, 0.4) is 0 Å². The van der Waals surface area contributed by atoms with Crippen LogP contribution in [0.1, 0.15) is 23.5 Å². The predicted molar refractivity (Wildman–Crippen MR) is 82.1 cm³/mol. The third-order valence-corrected chi connectivity index (χ3v) is 5.36. The first-order valence-corrected chi connectivity index (χ1v) is 8.49. The number of rotatable bonds is 5. The molecule has 112 valence electrons. The van der Waals surface area contributed by atoms with Gasteiger partial charge in [-0.05, 0) is 25.7 Å². The maximum Gasteiger partial charge on any atom is 0.0897 e. The lowest BCUT2D eigenvalue weighted by Crippen LogP contribution is -2.45. The average Bonchev–Trinajstić information content (AvgIpc) is 2.66. The lowest BCUT2D eigenvalue weighted by Gasteiger charge is -2.35. The van der Waals surface area contributed by atoms with E-state index in [-0.39, 0.29) is 0 Å². The molecule has 0 aromatic carbocycles. The fourth-order valence-electron chi connectivity index (χ4n) is 3.60. The number of hydrogen-bond acceptors (Lipinski definition) is 5. The second-order valence-electron chi connectivity index (χ2n) is 6.14. The number of piperidine rings is 1. The molecule has 3 aliphatic heterocycles. The molecule has 1 aromatic rings. The van der Waals surface area contributed by atoms with Gasteiger partial charge in [-0.3, -0.25) is 9.80 Å². The second-order valence-corrected chi connectivity index (χ2v) is 7.20. The maximum absolute atomic E-state index is 5.25. The second kappa shape index (κ2) is 6.52. The van der Waals surface area contributed by atoms with Crippen molar-refractivity contribution < 1.29 is 4.74 Å². The van der Waals surface area contributed by atoms with Crippen LogP contribution >= 0.6 is 11.3 Å². The zero-order valence-corrected chi connectivity index (χ0v) is 13.4. The molecular formula is C15H25N3OS. The van der Waals surface area contributed by atoms with Gasteiger partial charge in [0, 0.05) is 51.3 Å². The van der Waals surface area contributed by atoms with Gasteiger partial charge in [0.05, 0.1) is 17.3 Å². The van der Waals surface area contributed by atoms with Crippen molar-refractivity contribution in [1.29, 1.82) is 0 Å². The summed E-state index contributed by atoms with van der Waals surface area (Å²) in [7, 11) is 1.80. The van der Waals surface area contributed by atoms with E-state index in [1.165, 1.54) is 43.2 Å². The van der Waals surface area contributed by atoms with Crippen LogP contribution in [0, 0.1) is 12.8 Å². The van der Waals surface area contributed by atoms with E-state index >= 15 is 0 Å². The Bertz CT molecular complexity index is 437. The standard InChI is InChI=1S/C15H25N3OS/c1-12-16-14(11-20-12)9-17-7-13-3-4-15(10-17)18(8-13)5-6-19-2/h11,13,15H,3-10H2,1-2H3/t13-,15+/m1/s1. The van der Waals surface area contributed by atoms with E-state index in [4.69, 9.17) is 4.74 Å². The van der Waals surface area contributed by atoms with Crippen LogP contribution < -0.4 is 0 Å². The third kappa shape index (κ3) is 3.39. The van der Waals surface area contributed by atoms with Gasteiger partial charge >= 0.3 is 0 Å². The van der Waals surface area contributed by atoms with Crippen molar-refractivity contribution in [3.63, 3.8) is 0 Å². The molecule has 2 atom stereocenters. The van der Waals surface area contributed by atoms with Crippen molar-refractivity contribution in [1.82, 2.24) is 14.8 Å². The van der Waals surface area contributed by atoms with Gasteiger partial charge in [-0.15, -0.1) is 11.3 Å². The van der Waals surface area contributed by atoms with Gasteiger partial charge in [-0.1, -0.05) is 0 Å². The number of hydrogen-bond donors (Lipinski definition) is 0. The van der Waals surface area contributed by atoms with Crippen LogP contribution in [0.5, 0.6) is 0 Å². The van der Waals surface area contributed by atoms with Gasteiger partial charge in [0.1, 0.15) is 0 Å². The van der Waals surface area contributed by atoms with E-state index in [0.29, 0.717) is 6.04 Å². The summed E-state index contributed by atoms with van der Waals surface area (Å²) in [5.74, 6) is 0.824. The molecule has 20 heavy (non-hydrogen) atoms. The number of aromatic nitrogens is 1. The van der Waals surface area contributed by atoms with Gasteiger partial charge < -0.3 is 4.74 Å².